The van der Waals surface area contributed by atoms with Crippen LogP contribution in [0.3, 0.4) is 0 Å². The van der Waals surface area contributed by atoms with Crippen molar-refractivity contribution in [2.24, 2.45) is 16.5 Å². The number of hydrogen-bond acceptors (Lipinski definition) is 4. The molecule has 0 rings (SSSR count). The molecule has 6 nitrogen and oxygen atoms in total. The van der Waals surface area contributed by atoms with Crippen molar-refractivity contribution in [1.82, 2.24) is 4.72 Å². The van der Waals surface area contributed by atoms with E-state index in [0.717, 1.165) is 0 Å². The van der Waals surface area contributed by atoms with Crippen LogP contribution in [0.4, 0.5) is 0 Å². The summed E-state index contributed by atoms with van der Waals surface area (Å²) in [5, 5.41) is 9.11. The summed E-state index contributed by atoms with van der Waals surface area (Å²) in [5.41, 5.74) is 10.1. The van der Waals surface area contributed by atoms with E-state index in [-0.39, 0.29) is 5.96 Å². The van der Waals surface area contributed by atoms with Crippen LogP contribution in [0.15, 0.2) is 4.99 Å². The lowest BCUT2D eigenvalue weighted by atomic mass is 10.2. The van der Waals surface area contributed by atoms with Crippen LogP contribution in [0.25, 0.3) is 0 Å². The van der Waals surface area contributed by atoms with E-state index in [1.54, 1.807) is 0 Å². The fraction of sp³-hybridized carbons (Fsp3) is 0.667. The number of aliphatic hydroxyl groups is 1. The molecule has 1 unspecified atom stereocenters. The number of thiol groups is 1. The second-order valence-corrected chi connectivity index (χ2v) is 2.66. The predicted octanol–water partition coefficient (Wildman–Crippen LogP) is -1.64. The Morgan fingerprint density at radius 2 is 2.23 bits per heavy atom. The zero-order chi connectivity index (χ0) is 10.3. The number of amides is 1. The van der Waals surface area contributed by atoms with Crippen LogP contribution >= 0.6 is 12.8 Å². The highest BCUT2D eigenvalue weighted by Gasteiger charge is 2.11. The standard InChI is InChI=1S/C6H14N4O2S/c7-6(8)9-3-1-2-4(11)5(12)10-13/h4,11,13H,1-3H2,(H,10,12)(H4,7,8,9). The predicted molar refractivity (Wildman–Crippen MR) is 53.0 cm³/mol. The lowest BCUT2D eigenvalue weighted by Crippen LogP contribution is -2.29. The highest BCUT2D eigenvalue weighted by Crippen LogP contribution is 1.97. The fourth-order valence-corrected chi connectivity index (χ4v) is 0.847. The molecule has 0 heterocycles. The first-order valence-corrected chi connectivity index (χ1v) is 4.20. The molecule has 0 saturated carbocycles. The highest BCUT2D eigenvalue weighted by molar-refractivity contribution is 7.78. The second kappa shape index (κ2) is 6.55. The Hall–Kier alpha value is -0.950. The molecule has 0 aromatic carbocycles. The molecule has 6 N–H and O–H groups in total. The van der Waals surface area contributed by atoms with Gasteiger partial charge in [0.25, 0.3) is 5.91 Å². The number of carbonyl (C=O) groups is 1. The minimum Gasteiger partial charge on any atom is -0.383 e. The van der Waals surface area contributed by atoms with Crippen LogP contribution in [0.5, 0.6) is 0 Å². The average molecular weight is 206 g/mol. The van der Waals surface area contributed by atoms with Gasteiger partial charge in [-0.15, -0.1) is 0 Å². The van der Waals surface area contributed by atoms with Crippen molar-refractivity contribution >= 4 is 24.7 Å². The number of aliphatic hydroxyl groups excluding tert-OH is 1. The first kappa shape index (κ1) is 12.0. The minimum absolute atomic E-state index is 0.00753. The van der Waals surface area contributed by atoms with E-state index in [1.165, 1.54) is 0 Å². The van der Waals surface area contributed by atoms with Crippen molar-refractivity contribution in [2.75, 3.05) is 6.54 Å². The quantitative estimate of drug-likeness (QED) is 0.161. The molecule has 0 aromatic heterocycles. The van der Waals surface area contributed by atoms with Gasteiger partial charge in [0.1, 0.15) is 6.10 Å². The molecule has 0 spiro atoms. The zero-order valence-electron chi connectivity index (χ0n) is 7.10. The van der Waals surface area contributed by atoms with Gasteiger partial charge in [0.2, 0.25) is 0 Å². The van der Waals surface area contributed by atoms with Gasteiger partial charge < -0.3 is 21.3 Å². The maximum absolute atomic E-state index is 10.7. The van der Waals surface area contributed by atoms with Crippen LogP contribution in [-0.4, -0.2) is 29.6 Å². The Balaban J connectivity index is 3.53. The van der Waals surface area contributed by atoms with Crippen molar-refractivity contribution in [1.29, 1.82) is 0 Å². The molecule has 1 amide bonds. The first-order valence-electron chi connectivity index (χ1n) is 3.75. The minimum atomic E-state index is -1.05. The highest BCUT2D eigenvalue weighted by atomic mass is 32.1. The molecule has 7 heteroatoms. The van der Waals surface area contributed by atoms with Crippen LogP contribution in [0, 0.1) is 0 Å². The zero-order valence-corrected chi connectivity index (χ0v) is 8.00. The summed E-state index contributed by atoms with van der Waals surface area (Å²) in [6.07, 6.45) is -0.199. The Labute approximate surface area is 81.9 Å². The Kier molecular flexibility index (Phi) is 6.07. The van der Waals surface area contributed by atoms with Gasteiger partial charge in [-0.1, -0.05) is 12.8 Å². The lowest BCUT2D eigenvalue weighted by Gasteiger charge is -2.06. The third-order valence-electron chi connectivity index (χ3n) is 1.34. The molecule has 13 heavy (non-hydrogen) atoms. The molecule has 0 radical (unpaired) electrons. The van der Waals surface area contributed by atoms with Gasteiger partial charge in [0.15, 0.2) is 5.96 Å². The molecule has 0 aliphatic carbocycles. The summed E-state index contributed by atoms with van der Waals surface area (Å²) in [6.45, 7) is 0.402. The number of carbonyl (C=O) groups excluding carboxylic acids is 1. The molecular formula is C6H14N4O2S. The summed E-state index contributed by atoms with van der Waals surface area (Å²) in [7, 11) is 0. The van der Waals surface area contributed by atoms with Gasteiger partial charge in [0.05, 0.1) is 0 Å². The molecule has 1 atom stereocenters. The fourth-order valence-electron chi connectivity index (χ4n) is 0.698. The second-order valence-electron chi connectivity index (χ2n) is 2.44. The van der Waals surface area contributed by atoms with Crippen molar-refractivity contribution < 1.29 is 9.90 Å². The summed E-state index contributed by atoms with van der Waals surface area (Å²) < 4.78 is 2.03. The number of aliphatic imine (C=N–C) groups is 1. The molecule has 76 valence electrons. The first-order chi connectivity index (χ1) is 6.07. The van der Waals surface area contributed by atoms with Crippen molar-refractivity contribution in [2.45, 2.75) is 18.9 Å². The maximum atomic E-state index is 10.7. The molecule has 0 bridgehead atoms. The number of rotatable bonds is 5. The summed E-state index contributed by atoms with van der Waals surface area (Å²) in [6, 6.07) is 0. The topological polar surface area (TPSA) is 114 Å². The molecular weight excluding hydrogens is 192 g/mol. The average Bonchev–Trinajstić information content (AvgIpc) is 2.10. The molecule has 0 saturated heterocycles. The smallest absolute Gasteiger partial charge is 0.258 e. The van der Waals surface area contributed by atoms with Gasteiger partial charge in [-0.25, -0.2) is 0 Å². The summed E-state index contributed by atoms with van der Waals surface area (Å²) in [4.78, 5) is 14.4. The van der Waals surface area contributed by atoms with Gasteiger partial charge in [-0.2, -0.15) is 0 Å². The maximum Gasteiger partial charge on any atom is 0.258 e. The molecule has 0 aliphatic rings. The van der Waals surface area contributed by atoms with Gasteiger partial charge in [0, 0.05) is 6.54 Å². The number of nitrogens with one attached hydrogen (secondary N) is 1. The van der Waals surface area contributed by atoms with Crippen LogP contribution in [-0.2, 0) is 4.79 Å². The van der Waals surface area contributed by atoms with E-state index in [9.17, 15) is 4.79 Å². The van der Waals surface area contributed by atoms with Gasteiger partial charge in [-0.05, 0) is 12.8 Å². The molecule has 0 aliphatic heterocycles. The van der Waals surface area contributed by atoms with Crippen LogP contribution in [0.2, 0.25) is 0 Å². The van der Waals surface area contributed by atoms with E-state index in [4.69, 9.17) is 16.6 Å². The normalized spacial score (nSPS) is 11.8. The van der Waals surface area contributed by atoms with Crippen molar-refractivity contribution in [3.05, 3.63) is 0 Å². The summed E-state index contributed by atoms with van der Waals surface area (Å²) >= 11 is 3.51. The third-order valence-corrected chi connectivity index (χ3v) is 1.56. The molecule has 0 fully saturated rings. The van der Waals surface area contributed by atoms with Gasteiger partial charge >= 0.3 is 0 Å². The Morgan fingerprint density at radius 3 is 2.69 bits per heavy atom. The van der Waals surface area contributed by atoms with E-state index in [1.807, 2.05) is 4.72 Å². The SMILES string of the molecule is NC(N)=NCCCC(O)C(=O)NS. The largest absolute Gasteiger partial charge is 0.383 e. The van der Waals surface area contributed by atoms with Crippen LogP contribution < -0.4 is 16.2 Å². The number of nitrogens with zero attached hydrogens (tertiary/aromatic N) is 1. The third kappa shape index (κ3) is 6.23. The Morgan fingerprint density at radius 1 is 1.62 bits per heavy atom. The Bertz CT molecular complexity index is 193. The monoisotopic (exact) mass is 206 g/mol. The lowest BCUT2D eigenvalue weighted by molar-refractivity contribution is -0.127. The van der Waals surface area contributed by atoms with Crippen LogP contribution in [0.1, 0.15) is 12.8 Å². The van der Waals surface area contributed by atoms with Crippen molar-refractivity contribution in [3.8, 4) is 0 Å². The van der Waals surface area contributed by atoms with E-state index in [0.29, 0.717) is 19.4 Å². The van der Waals surface area contributed by atoms with E-state index < -0.39 is 12.0 Å². The number of hydrogen-bond donors (Lipinski definition) is 5. The van der Waals surface area contributed by atoms with E-state index in [2.05, 4.69) is 17.8 Å². The summed E-state index contributed by atoms with van der Waals surface area (Å²) in [5.74, 6) is -0.513. The van der Waals surface area contributed by atoms with E-state index >= 15 is 0 Å². The number of guanidine groups is 1. The molecule has 0 aromatic rings. The van der Waals surface area contributed by atoms with Gasteiger partial charge in [-0.3, -0.25) is 9.79 Å². The number of nitrogens with two attached hydrogens (primary N) is 2. The van der Waals surface area contributed by atoms with Crippen molar-refractivity contribution in [3.63, 3.8) is 0 Å².